The van der Waals surface area contributed by atoms with Crippen molar-refractivity contribution in [2.45, 2.75) is 6.18 Å². The highest BCUT2D eigenvalue weighted by atomic mass is 19.4. The number of hydrogen-bond acceptors (Lipinski definition) is 3. The molecule has 3 rings (SSSR count). The van der Waals surface area contributed by atoms with Gasteiger partial charge in [-0.15, -0.1) is 0 Å². The minimum atomic E-state index is -4.43. The molecule has 1 aromatic heterocycles. The highest BCUT2D eigenvalue weighted by Crippen LogP contribution is 2.31. The van der Waals surface area contributed by atoms with Gasteiger partial charge in [0.25, 0.3) is 5.91 Å². The number of anilines is 1. The normalized spacial score (nSPS) is 15.4. The second-order valence-electron chi connectivity index (χ2n) is 5.66. The Kier molecular flexibility index (Phi) is 4.61. The molecule has 2 aromatic rings. The fourth-order valence-electron chi connectivity index (χ4n) is 2.71. The molecule has 1 saturated heterocycles. The molecule has 1 aliphatic rings. The van der Waals surface area contributed by atoms with Gasteiger partial charge in [0.1, 0.15) is 11.6 Å². The zero-order valence-electron chi connectivity index (χ0n) is 13.1. The zero-order valence-corrected chi connectivity index (χ0v) is 13.1. The number of amides is 1. The molecule has 132 valence electrons. The fourth-order valence-corrected chi connectivity index (χ4v) is 2.71. The molecule has 1 aliphatic heterocycles. The minimum Gasteiger partial charge on any atom is -0.353 e. The maximum Gasteiger partial charge on any atom is 0.416 e. The SMILES string of the molecule is O=C(c1ccccc1F)N1CCN(c2cc(C(F)(F)F)ccn2)CC1. The molecule has 4 nitrogen and oxygen atoms in total. The summed E-state index contributed by atoms with van der Waals surface area (Å²) in [5, 5.41) is 0. The molecule has 8 heteroatoms. The number of nitrogens with zero attached hydrogens (tertiary/aromatic N) is 3. The molecule has 0 unspecified atom stereocenters. The van der Waals surface area contributed by atoms with E-state index in [1.807, 2.05) is 0 Å². The van der Waals surface area contributed by atoms with Crippen LogP contribution in [0.5, 0.6) is 0 Å². The Bertz CT molecular complexity index is 770. The highest BCUT2D eigenvalue weighted by molar-refractivity contribution is 5.94. The Hall–Kier alpha value is -2.64. The van der Waals surface area contributed by atoms with Crippen LogP contribution >= 0.6 is 0 Å². The molecule has 0 saturated carbocycles. The average Bonchev–Trinajstić information content (AvgIpc) is 2.61. The molecular formula is C17H15F4N3O. The van der Waals surface area contributed by atoms with E-state index in [0.717, 1.165) is 18.3 Å². The van der Waals surface area contributed by atoms with Gasteiger partial charge < -0.3 is 9.80 Å². The van der Waals surface area contributed by atoms with Gasteiger partial charge in [-0.05, 0) is 24.3 Å². The fraction of sp³-hybridized carbons (Fsp3) is 0.294. The van der Waals surface area contributed by atoms with Crippen LogP contribution in [-0.2, 0) is 6.18 Å². The van der Waals surface area contributed by atoms with Crippen LogP contribution in [0.1, 0.15) is 15.9 Å². The molecule has 1 fully saturated rings. The largest absolute Gasteiger partial charge is 0.416 e. The summed E-state index contributed by atoms with van der Waals surface area (Å²) in [6, 6.07) is 7.63. The summed E-state index contributed by atoms with van der Waals surface area (Å²) < 4.78 is 52.1. The third-order valence-corrected chi connectivity index (χ3v) is 4.07. The van der Waals surface area contributed by atoms with Crippen LogP contribution in [0.3, 0.4) is 0 Å². The number of carbonyl (C=O) groups is 1. The van der Waals surface area contributed by atoms with Crippen molar-refractivity contribution in [2.75, 3.05) is 31.1 Å². The van der Waals surface area contributed by atoms with E-state index in [0.29, 0.717) is 13.1 Å². The molecule has 0 aliphatic carbocycles. The van der Waals surface area contributed by atoms with Crippen LogP contribution in [0.2, 0.25) is 0 Å². The van der Waals surface area contributed by atoms with Crippen molar-refractivity contribution < 1.29 is 22.4 Å². The lowest BCUT2D eigenvalue weighted by molar-refractivity contribution is -0.137. The Morgan fingerprint density at radius 3 is 2.36 bits per heavy atom. The van der Waals surface area contributed by atoms with Gasteiger partial charge in [0.15, 0.2) is 0 Å². The summed E-state index contributed by atoms with van der Waals surface area (Å²) in [6.07, 6.45) is -3.31. The second kappa shape index (κ2) is 6.70. The van der Waals surface area contributed by atoms with Gasteiger partial charge in [-0.3, -0.25) is 4.79 Å². The van der Waals surface area contributed by atoms with Gasteiger partial charge >= 0.3 is 6.18 Å². The van der Waals surface area contributed by atoms with Crippen LogP contribution in [0, 0.1) is 5.82 Å². The van der Waals surface area contributed by atoms with Crippen LogP contribution in [0.15, 0.2) is 42.6 Å². The van der Waals surface area contributed by atoms with Gasteiger partial charge in [-0.2, -0.15) is 13.2 Å². The maximum absolute atomic E-state index is 13.7. The topological polar surface area (TPSA) is 36.4 Å². The molecule has 1 aromatic carbocycles. The first-order valence-electron chi connectivity index (χ1n) is 7.68. The van der Waals surface area contributed by atoms with Gasteiger partial charge in [0.05, 0.1) is 11.1 Å². The summed E-state index contributed by atoms with van der Waals surface area (Å²) in [7, 11) is 0. The molecule has 0 N–H and O–H groups in total. The Morgan fingerprint density at radius 1 is 1.04 bits per heavy atom. The summed E-state index contributed by atoms with van der Waals surface area (Å²) >= 11 is 0. The van der Waals surface area contributed by atoms with Crippen LogP contribution in [0.4, 0.5) is 23.4 Å². The van der Waals surface area contributed by atoms with Crippen molar-refractivity contribution in [1.82, 2.24) is 9.88 Å². The van der Waals surface area contributed by atoms with Gasteiger partial charge in [-0.1, -0.05) is 12.1 Å². The van der Waals surface area contributed by atoms with E-state index in [2.05, 4.69) is 4.98 Å². The third kappa shape index (κ3) is 3.72. The van der Waals surface area contributed by atoms with Crippen molar-refractivity contribution in [3.8, 4) is 0 Å². The number of pyridine rings is 1. The highest BCUT2D eigenvalue weighted by Gasteiger charge is 2.32. The van der Waals surface area contributed by atoms with Gasteiger partial charge in [0, 0.05) is 32.4 Å². The van der Waals surface area contributed by atoms with E-state index in [1.54, 1.807) is 11.0 Å². The van der Waals surface area contributed by atoms with Crippen molar-refractivity contribution >= 4 is 11.7 Å². The van der Waals surface area contributed by atoms with E-state index < -0.39 is 23.5 Å². The number of piperazine rings is 1. The Labute approximate surface area is 141 Å². The first-order chi connectivity index (χ1) is 11.9. The second-order valence-corrected chi connectivity index (χ2v) is 5.66. The van der Waals surface area contributed by atoms with E-state index in [1.165, 1.54) is 23.1 Å². The number of carbonyl (C=O) groups excluding carboxylic acids is 1. The molecule has 2 heterocycles. The van der Waals surface area contributed by atoms with Crippen molar-refractivity contribution in [1.29, 1.82) is 0 Å². The quantitative estimate of drug-likeness (QED) is 0.778. The lowest BCUT2D eigenvalue weighted by Gasteiger charge is -2.35. The number of alkyl halides is 3. The summed E-state index contributed by atoms with van der Waals surface area (Å²) in [4.78, 5) is 19.5. The Morgan fingerprint density at radius 2 is 1.72 bits per heavy atom. The summed E-state index contributed by atoms with van der Waals surface area (Å²) in [5.41, 5.74) is -0.768. The summed E-state index contributed by atoms with van der Waals surface area (Å²) in [5.74, 6) is -0.794. The van der Waals surface area contributed by atoms with Gasteiger partial charge in [0.2, 0.25) is 0 Å². The first kappa shape index (κ1) is 17.2. The standard InChI is InChI=1S/C17H15F4N3O/c18-14-4-2-1-3-13(14)16(25)24-9-7-23(8-10-24)15-11-12(5-6-22-15)17(19,20)21/h1-6,11H,7-10H2. The number of halogens is 4. The van der Waals surface area contributed by atoms with Crippen LogP contribution in [0.25, 0.3) is 0 Å². The molecule has 0 spiro atoms. The molecule has 0 radical (unpaired) electrons. The molecule has 0 bridgehead atoms. The minimum absolute atomic E-state index is 0.00635. The van der Waals surface area contributed by atoms with E-state index in [-0.39, 0.29) is 24.5 Å². The van der Waals surface area contributed by atoms with Crippen LogP contribution < -0.4 is 4.90 Å². The first-order valence-corrected chi connectivity index (χ1v) is 7.68. The zero-order chi connectivity index (χ0) is 18.0. The van der Waals surface area contributed by atoms with E-state index >= 15 is 0 Å². The lowest BCUT2D eigenvalue weighted by Crippen LogP contribution is -2.49. The smallest absolute Gasteiger partial charge is 0.353 e. The molecule has 25 heavy (non-hydrogen) atoms. The predicted octanol–water partition coefficient (Wildman–Crippen LogP) is 3.20. The third-order valence-electron chi connectivity index (χ3n) is 4.07. The maximum atomic E-state index is 13.7. The molecule has 1 amide bonds. The summed E-state index contributed by atoms with van der Waals surface area (Å²) in [6.45, 7) is 1.22. The predicted molar refractivity (Wildman–Crippen MR) is 83.8 cm³/mol. The van der Waals surface area contributed by atoms with Crippen molar-refractivity contribution in [3.63, 3.8) is 0 Å². The number of aromatic nitrogens is 1. The average molecular weight is 353 g/mol. The van der Waals surface area contributed by atoms with Crippen LogP contribution in [-0.4, -0.2) is 42.0 Å². The van der Waals surface area contributed by atoms with Crippen molar-refractivity contribution in [2.24, 2.45) is 0 Å². The van der Waals surface area contributed by atoms with E-state index in [9.17, 15) is 22.4 Å². The Balaban J connectivity index is 1.68. The van der Waals surface area contributed by atoms with E-state index in [4.69, 9.17) is 0 Å². The van der Waals surface area contributed by atoms with Crippen molar-refractivity contribution in [3.05, 3.63) is 59.5 Å². The monoisotopic (exact) mass is 353 g/mol. The van der Waals surface area contributed by atoms with Gasteiger partial charge in [-0.25, -0.2) is 9.37 Å². The molecule has 0 atom stereocenters. The number of hydrogen-bond donors (Lipinski definition) is 0. The number of benzene rings is 1. The number of rotatable bonds is 2. The lowest BCUT2D eigenvalue weighted by atomic mass is 10.1. The molecular weight excluding hydrogens is 338 g/mol.